The van der Waals surface area contributed by atoms with E-state index >= 15 is 0 Å². The van der Waals surface area contributed by atoms with Crippen LogP contribution in [-0.4, -0.2) is 22.3 Å². The van der Waals surface area contributed by atoms with Crippen LogP contribution in [0.2, 0.25) is 0 Å². The van der Waals surface area contributed by atoms with Crippen molar-refractivity contribution in [3.63, 3.8) is 0 Å². The molecule has 6 nitrogen and oxygen atoms in total. The molecular formula is C14H16N4O2. The van der Waals surface area contributed by atoms with Gasteiger partial charge >= 0.3 is 0 Å². The number of nitrogens with zero attached hydrogens (tertiary/aromatic N) is 2. The average molecular weight is 272 g/mol. The second-order valence-corrected chi connectivity index (χ2v) is 4.64. The van der Waals surface area contributed by atoms with E-state index in [-0.39, 0.29) is 11.9 Å². The monoisotopic (exact) mass is 272 g/mol. The number of aromatic nitrogens is 2. The molecule has 0 spiro atoms. The fraction of sp³-hybridized carbons (Fsp3) is 0.286. The lowest BCUT2D eigenvalue weighted by Gasteiger charge is -2.12. The van der Waals surface area contributed by atoms with E-state index in [1.807, 2.05) is 31.2 Å². The molecule has 0 aliphatic carbocycles. The number of benzene rings is 1. The SMILES string of the molecule is CCn1ncc(N)c1C(=O)NC1COc2ccccc21. The van der Waals surface area contributed by atoms with Gasteiger partial charge < -0.3 is 15.8 Å². The van der Waals surface area contributed by atoms with E-state index in [4.69, 9.17) is 10.5 Å². The van der Waals surface area contributed by atoms with Crippen molar-refractivity contribution >= 4 is 11.6 Å². The number of rotatable bonds is 3. The Bertz CT molecular complexity index is 650. The van der Waals surface area contributed by atoms with Crippen LogP contribution in [0.5, 0.6) is 5.75 Å². The Balaban J connectivity index is 1.82. The molecule has 6 heteroatoms. The highest BCUT2D eigenvalue weighted by molar-refractivity contribution is 5.97. The van der Waals surface area contributed by atoms with Gasteiger partial charge in [0, 0.05) is 12.1 Å². The molecule has 1 amide bonds. The normalized spacial score (nSPS) is 16.6. The fourth-order valence-corrected chi connectivity index (χ4v) is 2.40. The first kappa shape index (κ1) is 12.5. The van der Waals surface area contributed by atoms with E-state index in [1.165, 1.54) is 6.20 Å². The molecule has 1 aromatic heterocycles. The van der Waals surface area contributed by atoms with Gasteiger partial charge in [0.1, 0.15) is 18.1 Å². The molecule has 0 saturated heterocycles. The predicted octanol–water partition coefficient (Wildman–Crippen LogP) is 1.35. The summed E-state index contributed by atoms with van der Waals surface area (Å²) < 4.78 is 7.14. The molecule has 0 radical (unpaired) electrons. The van der Waals surface area contributed by atoms with Crippen LogP contribution in [0.3, 0.4) is 0 Å². The smallest absolute Gasteiger partial charge is 0.272 e. The standard InChI is InChI=1S/C14H16N4O2/c1-2-18-13(10(15)7-16-18)14(19)17-11-8-20-12-6-4-3-5-9(11)12/h3-7,11H,2,8,15H2,1H3,(H,17,19). The van der Waals surface area contributed by atoms with Crippen molar-refractivity contribution in [2.45, 2.75) is 19.5 Å². The molecule has 1 unspecified atom stereocenters. The van der Waals surface area contributed by atoms with Crippen LogP contribution < -0.4 is 15.8 Å². The number of nitrogen functional groups attached to an aromatic ring is 1. The van der Waals surface area contributed by atoms with Gasteiger partial charge in [0.15, 0.2) is 0 Å². The molecule has 20 heavy (non-hydrogen) atoms. The number of ether oxygens (including phenoxy) is 1. The Labute approximate surface area is 116 Å². The molecule has 0 fully saturated rings. The number of nitrogens with one attached hydrogen (secondary N) is 1. The third kappa shape index (κ3) is 1.99. The van der Waals surface area contributed by atoms with Crippen LogP contribution in [0.1, 0.15) is 29.0 Å². The Morgan fingerprint density at radius 1 is 1.55 bits per heavy atom. The number of hydrogen-bond acceptors (Lipinski definition) is 4. The van der Waals surface area contributed by atoms with E-state index in [2.05, 4.69) is 10.4 Å². The lowest BCUT2D eigenvalue weighted by molar-refractivity contribution is 0.0920. The lowest BCUT2D eigenvalue weighted by atomic mass is 10.1. The minimum absolute atomic E-state index is 0.154. The maximum Gasteiger partial charge on any atom is 0.272 e. The molecule has 3 N–H and O–H groups in total. The molecule has 2 aromatic rings. The minimum atomic E-state index is -0.229. The van der Waals surface area contributed by atoms with Crippen LogP contribution in [-0.2, 0) is 6.54 Å². The van der Waals surface area contributed by atoms with E-state index in [1.54, 1.807) is 4.68 Å². The molecule has 1 atom stereocenters. The van der Waals surface area contributed by atoms with Crippen LogP contribution >= 0.6 is 0 Å². The van der Waals surface area contributed by atoms with Crippen molar-refractivity contribution in [2.75, 3.05) is 12.3 Å². The number of carbonyl (C=O) groups is 1. The van der Waals surface area contributed by atoms with Crippen LogP contribution in [0, 0.1) is 0 Å². The van der Waals surface area contributed by atoms with Gasteiger partial charge in [-0.3, -0.25) is 9.48 Å². The van der Waals surface area contributed by atoms with E-state index in [0.29, 0.717) is 24.5 Å². The molecule has 0 bridgehead atoms. The average Bonchev–Trinajstić information content (AvgIpc) is 3.03. The molecule has 3 rings (SSSR count). The number of para-hydroxylation sites is 1. The van der Waals surface area contributed by atoms with Gasteiger partial charge in [-0.15, -0.1) is 0 Å². The predicted molar refractivity (Wildman–Crippen MR) is 74.5 cm³/mol. The second-order valence-electron chi connectivity index (χ2n) is 4.64. The van der Waals surface area contributed by atoms with Gasteiger partial charge in [-0.05, 0) is 13.0 Å². The zero-order valence-electron chi connectivity index (χ0n) is 11.2. The Kier molecular flexibility index (Phi) is 3.06. The Morgan fingerprint density at radius 3 is 3.15 bits per heavy atom. The van der Waals surface area contributed by atoms with Crippen molar-refractivity contribution < 1.29 is 9.53 Å². The van der Waals surface area contributed by atoms with Gasteiger partial charge in [-0.1, -0.05) is 18.2 Å². The first-order valence-electron chi connectivity index (χ1n) is 6.54. The van der Waals surface area contributed by atoms with E-state index in [9.17, 15) is 4.79 Å². The summed E-state index contributed by atoms with van der Waals surface area (Å²) in [6.07, 6.45) is 1.50. The van der Waals surface area contributed by atoms with Gasteiger partial charge in [0.25, 0.3) is 5.91 Å². The number of nitrogens with two attached hydrogens (primary N) is 1. The summed E-state index contributed by atoms with van der Waals surface area (Å²) in [5.74, 6) is 0.585. The number of amides is 1. The largest absolute Gasteiger partial charge is 0.491 e. The molecule has 1 aliphatic heterocycles. The van der Waals surface area contributed by atoms with Gasteiger partial charge in [0.2, 0.25) is 0 Å². The van der Waals surface area contributed by atoms with Gasteiger partial charge in [0.05, 0.1) is 17.9 Å². The van der Waals surface area contributed by atoms with Crippen molar-refractivity contribution in [3.05, 3.63) is 41.7 Å². The summed E-state index contributed by atoms with van der Waals surface area (Å²) in [7, 11) is 0. The van der Waals surface area contributed by atoms with Crippen molar-refractivity contribution in [3.8, 4) is 5.75 Å². The summed E-state index contributed by atoms with van der Waals surface area (Å²) >= 11 is 0. The van der Waals surface area contributed by atoms with Gasteiger partial charge in [-0.25, -0.2) is 0 Å². The van der Waals surface area contributed by atoms with Crippen LogP contribution in [0.25, 0.3) is 0 Å². The minimum Gasteiger partial charge on any atom is -0.491 e. The summed E-state index contributed by atoms with van der Waals surface area (Å²) in [4.78, 5) is 12.4. The Hall–Kier alpha value is -2.50. The topological polar surface area (TPSA) is 82.2 Å². The number of aryl methyl sites for hydroxylation is 1. The second kappa shape index (κ2) is 4.88. The van der Waals surface area contributed by atoms with E-state index in [0.717, 1.165) is 11.3 Å². The van der Waals surface area contributed by atoms with Crippen molar-refractivity contribution in [2.24, 2.45) is 0 Å². The lowest BCUT2D eigenvalue weighted by Crippen LogP contribution is -2.31. The number of carbonyl (C=O) groups excluding carboxylic acids is 1. The first-order valence-corrected chi connectivity index (χ1v) is 6.54. The van der Waals surface area contributed by atoms with Gasteiger partial charge in [-0.2, -0.15) is 5.10 Å². The molecule has 104 valence electrons. The highest BCUT2D eigenvalue weighted by atomic mass is 16.5. The zero-order chi connectivity index (χ0) is 14.1. The van der Waals surface area contributed by atoms with Crippen LogP contribution in [0.15, 0.2) is 30.5 Å². The third-order valence-corrected chi connectivity index (χ3v) is 3.39. The number of anilines is 1. The highest BCUT2D eigenvalue weighted by Crippen LogP contribution is 2.31. The summed E-state index contributed by atoms with van der Waals surface area (Å²) in [5.41, 5.74) is 7.58. The van der Waals surface area contributed by atoms with Crippen molar-refractivity contribution in [1.29, 1.82) is 0 Å². The molecule has 0 saturated carbocycles. The number of fused-ring (bicyclic) bond motifs is 1. The molecule has 2 heterocycles. The molecule has 1 aliphatic rings. The van der Waals surface area contributed by atoms with Crippen molar-refractivity contribution in [1.82, 2.24) is 15.1 Å². The summed E-state index contributed by atoms with van der Waals surface area (Å²) in [5, 5.41) is 7.02. The number of hydrogen-bond donors (Lipinski definition) is 2. The third-order valence-electron chi connectivity index (χ3n) is 3.39. The quantitative estimate of drug-likeness (QED) is 0.883. The maximum atomic E-state index is 12.4. The fourth-order valence-electron chi connectivity index (χ4n) is 2.40. The highest BCUT2D eigenvalue weighted by Gasteiger charge is 2.27. The summed E-state index contributed by atoms with van der Waals surface area (Å²) in [6.45, 7) is 2.94. The first-order chi connectivity index (χ1) is 9.70. The summed E-state index contributed by atoms with van der Waals surface area (Å²) in [6, 6.07) is 7.53. The van der Waals surface area contributed by atoms with Crippen LogP contribution in [0.4, 0.5) is 5.69 Å². The maximum absolute atomic E-state index is 12.4. The zero-order valence-corrected chi connectivity index (χ0v) is 11.2. The molecular weight excluding hydrogens is 256 g/mol. The Morgan fingerprint density at radius 2 is 2.35 bits per heavy atom. The van der Waals surface area contributed by atoms with E-state index < -0.39 is 0 Å². The molecule has 1 aromatic carbocycles.